The molecular formula is C17H25ClN2O2. The number of hydrogen-bond acceptors (Lipinski definition) is 3. The van der Waals surface area contributed by atoms with Crippen LogP contribution < -0.4 is 10.6 Å². The highest BCUT2D eigenvalue weighted by molar-refractivity contribution is 5.85. The van der Waals surface area contributed by atoms with Crippen LogP contribution in [0.1, 0.15) is 36.5 Å². The van der Waals surface area contributed by atoms with Crippen molar-refractivity contribution in [3.05, 3.63) is 35.4 Å². The van der Waals surface area contributed by atoms with Gasteiger partial charge in [-0.25, -0.2) is 0 Å². The first-order valence-corrected chi connectivity index (χ1v) is 7.93. The average Bonchev–Trinajstić information content (AvgIpc) is 3.03. The molecule has 2 N–H and O–H groups in total. The van der Waals surface area contributed by atoms with Gasteiger partial charge in [0.05, 0.1) is 12.0 Å². The molecule has 2 aliphatic rings. The number of benzene rings is 1. The van der Waals surface area contributed by atoms with Crippen LogP contribution in [0.25, 0.3) is 0 Å². The van der Waals surface area contributed by atoms with Crippen molar-refractivity contribution in [1.82, 2.24) is 10.6 Å². The number of ether oxygens (including phenoxy) is 1. The van der Waals surface area contributed by atoms with Crippen LogP contribution in [-0.4, -0.2) is 31.6 Å². The molecule has 1 amide bonds. The van der Waals surface area contributed by atoms with E-state index in [0.29, 0.717) is 0 Å². The van der Waals surface area contributed by atoms with Crippen LogP contribution in [0.4, 0.5) is 0 Å². The fourth-order valence-corrected chi connectivity index (χ4v) is 3.19. The van der Waals surface area contributed by atoms with Crippen LogP contribution in [0.3, 0.4) is 0 Å². The minimum Gasteiger partial charge on any atom is -0.371 e. The monoisotopic (exact) mass is 324 g/mol. The number of hydrogen-bond donors (Lipinski definition) is 2. The van der Waals surface area contributed by atoms with E-state index in [2.05, 4.69) is 41.8 Å². The zero-order chi connectivity index (χ0) is 14.7. The molecule has 2 aliphatic heterocycles. The Balaban J connectivity index is 0.00000176. The van der Waals surface area contributed by atoms with E-state index in [0.717, 1.165) is 44.5 Å². The third-order valence-electron chi connectivity index (χ3n) is 4.49. The maximum absolute atomic E-state index is 12.3. The molecule has 0 saturated carbocycles. The smallest absolute Gasteiger partial charge is 0.224 e. The minimum atomic E-state index is -0.0161. The topological polar surface area (TPSA) is 50.4 Å². The van der Waals surface area contributed by atoms with Crippen molar-refractivity contribution >= 4 is 18.3 Å². The quantitative estimate of drug-likeness (QED) is 0.897. The molecule has 3 atom stereocenters. The second-order valence-corrected chi connectivity index (χ2v) is 6.15. The van der Waals surface area contributed by atoms with Gasteiger partial charge < -0.3 is 15.4 Å². The standard InChI is InChI=1S/C17H24N2O2.ClH/c1-12-4-6-13(7-5-12)16-15(3-2-10-21-16)19-17(20)14-8-9-18-11-14;/h4-7,14-16,18H,2-3,8-11H2,1H3,(H,19,20);1H. The Morgan fingerprint density at radius 3 is 2.73 bits per heavy atom. The lowest BCUT2D eigenvalue weighted by atomic mass is 9.94. The molecular weight excluding hydrogens is 300 g/mol. The average molecular weight is 325 g/mol. The molecule has 2 heterocycles. The molecule has 122 valence electrons. The van der Waals surface area contributed by atoms with Gasteiger partial charge in [0.1, 0.15) is 6.10 Å². The molecule has 0 radical (unpaired) electrons. The van der Waals surface area contributed by atoms with E-state index >= 15 is 0 Å². The molecule has 1 aromatic rings. The SMILES string of the molecule is Cc1ccc(C2OCCCC2NC(=O)C2CCNC2)cc1.Cl. The fourth-order valence-electron chi connectivity index (χ4n) is 3.19. The maximum atomic E-state index is 12.3. The van der Waals surface area contributed by atoms with E-state index in [1.54, 1.807) is 0 Å². The summed E-state index contributed by atoms with van der Waals surface area (Å²) < 4.78 is 5.95. The van der Waals surface area contributed by atoms with Crippen LogP contribution in [0.15, 0.2) is 24.3 Å². The summed E-state index contributed by atoms with van der Waals surface area (Å²) in [4.78, 5) is 12.3. The van der Waals surface area contributed by atoms with Crippen molar-refractivity contribution in [2.24, 2.45) is 5.92 Å². The predicted octanol–water partition coefficient (Wildman–Crippen LogP) is 2.36. The predicted molar refractivity (Wildman–Crippen MR) is 89.3 cm³/mol. The molecule has 0 spiro atoms. The lowest BCUT2D eigenvalue weighted by Crippen LogP contribution is -2.45. The molecule has 4 nitrogen and oxygen atoms in total. The molecule has 3 rings (SSSR count). The number of amides is 1. The van der Waals surface area contributed by atoms with Crippen molar-refractivity contribution in [2.75, 3.05) is 19.7 Å². The van der Waals surface area contributed by atoms with Crippen molar-refractivity contribution < 1.29 is 9.53 Å². The van der Waals surface area contributed by atoms with Gasteiger partial charge in [0, 0.05) is 13.2 Å². The second-order valence-electron chi connectivity index (χ2n) is 6.15. The number of nitrogens with one attached hydrogen (secondary N) is 2. The Kier molecular flexibility index (Phi) is 6.24. The summed E-state index contributed by atoms with van der Waals surface area (Å²) in [5, 5.41) is 6.47. The molecule has 1 aromatic carbocycles. The summed E-state index contributed by atoms with van der Waals surface area (Å²) >= 11 is 0. The van der Waals surface area contributed by atoms with E-state index in [4.69, 9.17) is 4.74 Å². The van der Waals surface area contributed by atoms with E-state index in [1.165, 1.54) is 5.56 Å². The third-order valence-corrected chi connectivity index (χ3v) is 4.49. The molecule has 3 unspecified atom stereocenters. The summed E-state index contributed by atoms with van der Waals surface area (Å²) in [5.41, 5.74) is 2.40. The van der Waals surface area contributed by atoms with E-state index < -0.39 is 0 Å². The summed E-state index contributed by atoms with van der Waals surface area (Å²) in [6.45, 7) is 4.60. The first kappa shape index (κ1) is 17.3. The molecule has 0 aromatic heterocycles. The van der Waals surface area contributed by atoms with Gasteiger partial charge in [-0.2, -0.15) is 0 Å². The van der Waals surface area contributed by atoms with E-state index in [9.17, 15) is 4.79 Å². The molecule has 0 aliphatic carbocycles. The summed E-state index contributed by atoms with van der Waals surface area (Å²) in [5.74, 6) is 0.290. The summed E-state index contributed by atoms with van der Waals surface area (Å²) in [6.07, 6.45) is 2.92. The lowest BCUT2D eigenvalue weighted by molar-refractivity contribution is -0.127. The number of aryl methyl sites for hydroxylation is 1. The van der Waals surface area contributed by atoms with Crippen molar-refractivity contribution in [1.29, 1.82) is 0 Å². The first-order chi connectivity index (χ1) is 10.2. The van der Waals surface area contributed by atoms with Crippen LogP contribution in [0.5, 0.6) is 0 Å². The highest BCUT2D eigenvalue weighted by atomic mass is 35.5. The number of carbonyl (C=O) groups excluding carboxylic acids is 1. The summed E-state index contributed by atoms with van der Waals surface area (Å²) in [6, 6.07) is 8.53. The molecule has 0 bridgehead atoms. The second kappa shape index (κ2) is 7.95. The number of rotatable bonds is 3. The first-order valence-electron chi connectivity index (χ1n) is 7.93. The van der Waals surface area contributed by atoms with Gasteiger partial charge in [-0.05, 0) is 38.3 Å². The maximum Gasteiger partial charge on any atom is 0.224 e. The van der Waals surface area contributed by atoms with Gasteiger partial charge in [-0.3, -0.25) is 4.79 Å². The molecule has 2 fully saturated rings. The van der Waals surface area contributed by atoms with Crippen LogP contribution in [0.2, 0.25) is 0 Å². The Labute approximate surface area is 138 Å². The van der Waals surface area contributed by atoms with Gasteiger partial charge in [-0.15, -0.1) is 12.4 Å². The Bertz CT molecular complexity index is 486. The fraction of sp³-hybridized carbons (Fsp3) is 0.588. The Morgan fingerprint density at radius 1 is 1.27 bits per heavy atom. The Hall–Kier alpha value is -1.10. The van der Waals surface area contributed by atoms with Crippen molar-refractivity contribution in [3.8, 4) is 0 Å². The highest BCUT2D eigenvalue weighted by Crippen LogP contribution is 2.29. The minimum absolute atomic E-state index is 0. The molecule has 2 saturated heterocycles. The van der Waals surface area contributed by atoms with Crippen LogP contribution in [0, 0.1) is 12.8 Å². The third kappa shape index (κ3) is 4.00. The van der Waals surface area contributed by atoms with E-state index in [-0.39, 0.29) is 36.4 Å². The van der Waals surface area contributed by atoms with E-state index in [1.807, 2.05) is 0 Å². The Morgan fingerprint density at radius 2 is 2.05 bits per heavy atom. The van der Waals surface area contributed by atoms with Crippen LogP contribution in [-0.2, 0) is 9.53 Å². The molecule has 22 heavy (non-hydrogen) atoms. The normalized spacial score (nSPS) is 28.0. The van der Waals surface area contributed by atoms with Crippen LogP contribution >= 0.6 is 12.4 Å². The number of halogens is 1. The number of carbonyl (C=O) groups is 1. The van der Waals surface area contributed by atoms with Gasteiger partial charge in [0.15, 0.2) is 0 Å². The summed E-state index contributed by atoms with van der Waals surface area (Å²) in [7, 11) is 0. The van der Waals surface area contributed by atoms with Gasteiger partial charge in [0.25, 0.3) is 0 Å². The largest absolute Gasteiger partial charge is 0.371 e. The zero-order valence-corrected chi connectivity index (χ0v) is 13.8. The van der Waals surface area contributed by atoms with Crippen molar-refractivity contribution in [2.45, 2.75) is 38.3 Å². The molecule has 5 heteroatoms. The highest BCUT2D eigenvalue weighted by Gasteiger charge is 2.31. The van der Waals surface area contributed by atoms with Gasteiger partial charge in [-0.1, -0.05) is 29.8 Å². The van der Waals surface area contributed by atoms with Gasteiger partial charge in [0.2, 0.25) is 5.91 Å². The lowest BCUT2D eigenvalue weighted by Gasteiger charge is -2.33. The van der Waals surface area contributed by atoms with Gasteiger partial charge >= 0.3 is 0 Å². The zero-order valence-electron chi connectivity index (χ0n) is 13.0. The van der Waals surface area contributed by atoms with Crippen molar-refractivity contribution in [3.63, 3.8) is 0 Å².